The number of aliphatic hydroxyl groups excluding tert-OH is 1. The zero-order valence-corrected chi connectivity index (χ0v) is 11.6. The molecule has 0 rings (SSSR count). The molecular formula is C12H24CuO4. The first-order chi connectivity index (χ1) is 7.63. The molecule has 0 fully saturated rings. The van der Waals surface area contributed by atoms with Gasteiger partial charge < -0.3 is 15.0 Å². The summed E-state index contributed by atoms with van der Waals surface area (Å²) in [6.07, 6.45) is 7.02. The zero-order chi connectivity index (χ0) is 12.8. The largest absolute Gasteiger partial charge is 0.481 e. The van der Waals surface area contributed by atoms with Crippen LogP contribution in [0.1, 0.15) is 58.3 Å². The van der Waals surface area contributed by atoms with E-state index >= 15 is 0 Å². The third-order valence-electron chi connectivity index (χ3n) is 2.17. The molecule has 0 aliphatic rings. The van der Waals surface area contributed by atoms with E-state index < -0.39 is 5.97 Å². The number of ketones is 1. The van der Waals surface area contributed by atoms with Gasteiger partial charge in [-0.25, -0.2) is 0 Å². The van der Waals surface area contributed by atoms with E-state index in [1.54, 1.807) is 6.92 Å². The molecule has 0 spiro atoms. The Balaban J connectivity index is -0.000000616. The smallest absolute Gasteiger partial charge is 0.303 e. The van der Waals surface area contributed by atoms with Crippen molar-refractivity contribution in [2.24, 2.45) is 0 Å². The predicted molar refractivity (Wildman–Crippen MR) is 63.4 cm³/mol. The third kappa shape index (κ3) is 25.7. The van der Waals surface area contributed by atoms with Crippen molar-refractivity contribution < 1.29 is 36.9 Å². The van der Waals surface area contributed by atoms with Crippen LogP contribution in [0.25, 0.3) is 0 Å². The van der Waals surface area contributed by atoms with Crippen LogP contribution in [-0.2, 0) is 26.7 Å². The maximum absolute atomic E-state index is 10.6. The maximum Gasteiger partial charge on any atom is 0.303 e. The number of Topliss-reactive ketones (excluding diaryl/α,β-unsaturated/α-hetero) is 1. The van der Waals surface area contributed by atoms with Gasteiger partial charge in [0.2, 0.25) is 0 Å². The second kappa shape index (κ2) is 18.0. The zero-order valence-electron chi connectivity index (χ0n) is 10.7. The molecule has 1 radical (unpaired) electrons. The summed E-state index contributed by atoms with van der Waals surface area (Å²) < 4.78 is 0. The Morgan fingerprint density at radius 2 is 1.18 bits per heavy atom. The number of aliphatic hydroxyl groups is 1. The number of carbonyl (C=O) groups excluding carboxylic acids is 1. The molecule has 0 aromatic heterocycles. The van der Waals surface area contributed by atoms with E-state index in [0.717, 1.165) is 45.6 Å². The molecule has 107 valence electrons. The van der Waals surface area contributed by atoms with Crippen LogP contribution in [0, 0.1) is 0 Å². The third-order valence-corrected chi connectivity index (χ3v) is 2.17. The standard InChI is InChI=1S/C11H20O3.CH4O.Cu/c1-10(12)8-6-4-2-3-5-7-9-11(13)14;1-2;/h2-9H2,1H3,(H,13,14);2H,1H3;. The Bertz CT molecular complexity index is 163. The Labute approximate surface area is 114 Å². The monoisotopic (exact) mass is 295 g/mol. The first-order valence-corrected chi connectivity index (χ1v) is 5.79. The number of carbonyl (C=O) groups is 2. The van der Waals surface area contributed by atoms with Gasteiger partial charge >= 0.3 is 5.97 Å². The molecule has 0 aromatic carbocycles. The minimum Gasteiger partial charge on any atom is -0.481 e. The summed E-state index contributed by atoms with van der Waals surface area (Å²) in [4.78, 5) is 20.8. The molecule has 0 heterocycles. The van der Waals surface area contributed by atoms with Crippen LogP contribution in [0.5, 0.6) is 0 Å². The van der Waals surface area contributed by atoms with Gasteiger partial charge in [-0.3, -0.25) is 4.79 Å². The van der Waals surface area contributed by atoms with E-state index in [4.69, 9.17) is 10.2 Å². The van der Waals surface area contributed by atoms with Crippen molar-refractivity contribution in [2.45, 2.75) is 58.3 Å². The van der Waals surface area contributed by atoms with Crippen molar-refractivity contribution in [1.29, 1.82) is 0 Å². The van der Waals surface area contributed by atoms with Crippen molar-refractivity contribution in [2.75, 3.05) is 7.11 Å². The fourth-order valence-corrected chi connectivity index (χ4v) is 1.36. The fourth-order valence-electron chi connectivity index (χ4n) is 1.36. The minimum atomic E-state index is -0.707. The van der Waals surface area contributed by atoms with Crippen molar-refractivity contribution in [3.8, 4) is 0 Å². The number of unbranched alkanes of at least 4 members (excludes halogenated alkanes) is 5. The SMILES string of the molecule is CC(=O)CCCCCCCCC(=O)O.CO.[Cu]. The number of aliphatic carboxylic acids is 1. The van der Waals surface area contributed by atoms with Gasteiger partial charge in [0.1, 0.15) is 5.78 Å². The van der Waals surface area contributed by atoms with Crippen LogP contribution in [0.4, 0.5) is 0 Å². The second-order valence-corrected chi connectivity index (χ2v) is 3.72. The first-order valence-electron chi connectivity index (χ1n) is 5.79. The Hall–Kier alpha value is -0.381. The normalized spacial score (nSPS) is 8.65. The van der Waals surface area contributed by atoms with Crippen LogP contribution in [0.2, 0.25) is 0 Å². The quantitative estimate of drug-likeness (QED) is 0.506. The molecule has 0 saturated carbocycles. The molecule has 0 amide bonds. The van der Waals surface area contributed by atoms with E-state index in [1.807, 2.05) is 0 Å². The van der Waals surface area contributed by atoms with Gasteiger partial charge in [-0.2, -0.15) is 0 Å². The van der Waals surface area contributed by atoms with Crippen LogP contribution < -0.4 is 0 Å². The van der Waals surface area contributed by atoms with Gasteiger partial charge in [-0.05, 0) is 19.8 Å². The van der Waals surface area contributed by atoms with E-state index in [9.17, 15) is 9.59 Å². The summed E-state index contributed by atoms with van der Waals surface area (Å²) in [6.45, 7) is 1.62. The Kier molecular flexibility index (Phi) is 23.1. The fraction of sp³-hybridized carbons (Fsp3) is 0.833. The summed E-state index contributed by atoms with van der Waals surface area (Å²) in [7, 11) is 1.00. The molecule has 0 bridgehead atoms. The van der Waals surface area contributed by atoms with Gasteiger partial charge in [0.15, 0.2) is 0 Å². The molecule has 2 N–H and O–H groups in total. The first kappa shape index (κ1) is 21.9. The molecule has 17 heavy (non-hydrogen) atoms. The molecule has 0 atom stereocenters. The molecule has 4 nitrogen and oxygen atoms in total. The van der Waals surface area contributed by atoms with Crippen molar-refractivity contribution in [3.63, 3.8) is 0 Å². The van der Waals surface area contributed by atoms with Crippen LogP contribution >= 0.6 is 0 Å². The molecule has 0 aromatic rings. The van der Waals surface area contributed by atoms with Gasteiger partial charge in [0.25, 0.3) is 0 Å². The van der Waals surface area contributed by atoms with Crippen molar-refractivity contribution in [1.82, 2.24) is 0 Å². The van der Waals surface area contributed by atoms with Gasteiger partial charge in [0, 0.05) is 37.0 Å². The molecule has 0 saturated heterocycles. The van der Waals surface area contributed by atoms with Crippen LogP contribution in [0.3, 0.4) is 0 Å². The maximum atomic E-state index is 10.6. The Morgan fingerprint density at radius 3 is 1.53 bits per heavy atom. The number of carboxylic acids is 1. The van der Waals surface area contributed by atoms with E-state index in [-0.39, 0.29) is 29.3 Å². The topological polar surface area (TPSA) is 74.6 Å². The number of carboxylic acid groups (broad SMARTS) is 1. The van der Waals surface area contributed by atoms with Crippen LogP contribution in [0.15, 0.2) is 0 Å². The second-order valence-electron chi connectivity index (χ2n) is 3.72. The predicted octanol–water partition coefficient (Wildman–Crippen LogP) is 2.39. The molecule has 5 heteroatoms. The summed E-state index contributed by atoms with van der Waals surface area (Å²) in [5.74, 6) is -0.447. The van der Waals surface area contributed by atoms with E-state index in [2.05, 4.69) is 0 Å². The van der Waals surface area contributed by atoms with E-state index in [0.29, 0.717) is 6.42 Å². The number of hydrogen-bond acceptors (Lipinski definition) is 3. The van der Waals surface area contributed by atoms with Gasteiger partial charge in [-0.1, -0.05) is 25.7 Å². The molecule has 0 aliphatic heterocycles. The van der Waals surface area contributed by atoms with Gasteiger partial charge in [-0.15, -0.1) is 0 Å². The van der Waals surface area contributed by atoms with E-state index in [1.165, 1.54) is 0 Å². The van der Waals surface area contributed by atoms with Crippen LogP contribution in [-0.4, -0.2) is 29.1 Å². The summed E-state index contributed by atoms with van der Waals surface area (Å²) >= 11 is 0. The summed E-state index contributed by atoms with van der Waals surface area (Å²) in [5, 5.41) is 15.4. The minimum absolute atomic E-state index is 0. The Morgan fingerprint density at radius 1 is 0.824 bits per heavy atom. The summed E-state index contributed by atoms with van der Waals surface area (Å²) in [6, 6.07) is 0. The molecule has 0 unspecified atom stereocenters. The van der Waals surface area contributed by atoms with Crippen molar-refractivity contribution in [3.05, 3.63) is 0 Å². The number of hydrogen-bond donors (Lipinski definition) is 2. The van der Waals surface area contributed by atoms with Gasteiger partial charge in [0.05, 0.1) is 0 Å². The average Bonchev–Trinajstić information content (AvgIpc) is 2.24. The average molecular weight is 296 g/mol. The summed E-state index contributed by atoms with van der Waals surface area (Å²) in [5.41, 5.74) is 0. The molecular weight excluding hydrogens is 272 g/mol. The van der Waals surface area contributed by atoms with Crippen molar-refractivity contribution >= 4 is 11.8 Å². The number of rotatable bonds is 9. The molecule has 0 aliphatic carbocycles.